The van der Waals surface area contributed by atoms with Gasteiger partial charge in [0.25, 0.3) is 0 Å². The summed E-state index contributed by atoms with van der Waals surface area (Å²) in [5, 5.41) is 9.19. The molecule has 1 aromatic heterocycles. The summed E-state index contributed by atoms with van der Waals surface area (Å²) in [6.45, 7) is 1.15. The number of hydrogen-bond acceptors (Lipinski definition) is 4. The lowest BCUT2D eigenvalue weighted by molar-refractivity contribution is -0.140. The number of benzene rings is 1. The van der Waals surface area contributed by atoms with Crippen LogP contribution in [0.2, 0.25) is 0 Å². The van der Waals surface area contributed by atoms with Crippen molar-refractivity contribution in [2.75, 3.05) is 18.0 Å². The molecular weight excluding hydrogens is 309 g/mol. The van der Waals surface area contributed by atoms with Crippen molar-refractivity contribution < 1.29 is 14.3 Å². The van der Waals surface area contributed by atoms with Gasteiger partial charge in [-0.05, 0) is 43.5 Å². The van der Waals surface area contributed by atoms with E-state index in [1.54, 1.807) is 12.1 Å². The molecule has 0 radical (unpaired) electrons. The molecule has 1 aliphatic heterocycles. The minimum Gasteiger partial charge on any atom is -0.481 e. The molecule has 1 saturated carbocycles. The number of aromatic nitrogens is 2. The van der Waals surface area contributed by atoms with Crippen LogP contribution >= 0.6 is 0 Å². The summed E-state index contributed by atoms with van der Waals surface area (Å²) in [5.41, 5.74) is 1.61. The van der Waals surface area contributed by atoms with E-state index in [4.69, 9.17) is 0 Å². The van der Waals surface area contributed by atoms with Crippen LogP contribution < -0.4 is 4.90 Å². The Kier molecular flexibility index (Phi) is 3.67. The second kappa shape index (κ2) is 5.85. The maximum absolute atomic E-state index is 13.2. The molecule has 1 saturated heterocycles. The van der Waals surface area contributed by atoms with Crippen LogP contribution in [0.25, 0.3) is 11.3 Å². The van der Waals surface area contributed by atoms with Crippen molar-refractivity contribution in [3.05, 3.63) is 42.0 Å². The van der Waals surface area contributed by atoms with Crippen LogP contribution in [0.5, 0.6) is 0 Å². The Morgan fingerprint density at radius 3 is 2.54 bits per heavy atom. The molecule has 1 atom stereocenters. The van der Waals surface area contributed by atoms with Crippen molar-refractivity contribution in [3.63, 3.8) is 0 Å². The molecular formula is C18H18FN3O2. The van der Waals surface area contributed by atoms with Crippen LogP contribution in [-0.2, 0) is 4.79 Å². The Morgan fingerprint density at radius 2 is 1.92 bits per heavy atom. The van der Waals surface area contributed by atoms with E-state index in [0.717, 1.165) is 35.7 Å². The second-order valence-corrected chi connectivity index (χ2v) is 6.52. The van der Waals surface area contributed by atoms with Gasteiger partial charge in [0, 0.05) is 30.6 Å². The number of anilines is 1. The van der Waals surface area contributed by atoms with Crippen LogP contribution in [0, 0.1) is 11.7 Å². The van der Waals surface area contributed by atoms with Gasteiger partial charge >= 0.3 is 5.97 Å². The van der Waals surface area contributed by atoms with Gasteiger partial charge in [0.05, 0.1) is 11.6 Å². The van der Waals surface area contributed by atoms with Gasteiger partial charge in [-0.2, -0.15) is 0 Å². The van der Waals surface area contributed by atoms with Crippen molar-refractivity contribution in [2.45, 2.75) is 25.2 Å². The molecule has 6 heteroatoms. The van der Waals surface area contributed by atoms with Crippen molar-refractivity contribution in [3.8, 4) is 11.3 Å². The highest BCUT2D eigenvalue weighted by molar-refractivity contribution is 5.72. The number of rotatable bonds is 4. The molecule has 1 aromatic carbocycles. The van der Waals surface area contributed by atoms with Crippen LogP contribution in [0.1, 0.15) is 31.0 Å². The highest BCUT2D eigenvalue weighted by Gasteiger charge is 2.31. The molecule has 2 heterocycles. The summed E-state index contributed by atoms with van der Waals surface area (Å²) in [7, 11) is 0. The number of carbonyl (C=O) groups is 1. The number of hydrogen-bond donors (Lipinski definition) is 1. The van der Waals surface area contributed by atoms with Crippen LogP contribution in [-0.4, -0.2) is 34.1 Å². The maximum atomic E-state index is 13.2. The van der Waals surface area contributed by atoms with Gasteiger partial charge in [0.2, 0.25) is 0 Å². The third-order valence-electron chi connectivity index (χ3n) is 4.67. The Bertz CT molecular complexity index is 774. The van der Waals surface area contributed by atoms with E-state index in [-0.39, 0.29) is 11.7 Å². The maximum Gasteiger partial charge on any atom is 0.308 e. The predicted octanol–water partition coefficient (Wildman–Crippen LogP) is 3.07. The van der Waals surface area contributed by atoms with E-state index in [1.165, 1.54) is 12.1 Å². The van der Waals surface area contributed by atoms with Crippen LogP contribution in [0.15, 0.2) is 30.3 Å². The molecule has 124 valence electrons. The average molecular weight is 327 g/mol. The Balaban J connectivity index is 1.69. The first kappa shape index (κ1) is 15.1. The number of aliphatic carboxylic acids is 1. The first-order valence-corrected chi connectivity index (χ1v) is 8.23. The monoisotopic (exact) mass is 327 g/mol. The van der Waals surface area contributed by atoms with E-state index in [2.05, 4.69) is 9.97 Å². The zero-order valence-electron chi connectivity index (χ0n) is 13.2. The van der Waals surface area contributed by atoms with Crippen LogP contribution in [0.4, 0.5) is 10.2 Å². The highest BCUT2D eigenvalue weighted by Crippen LogP contribution is 2.40. The van der Waals surface area contributed by atoms with E-state index >= 15 is 0 Å². The summed E-state index contributed by atoms with van der Waals surface area (Å²) in [6.07, 6.45) is 2.80. The third-order valence-corrected chi connectivity index (χ3v) is 4.67. The molecule has 2 aromatic rings. The molecule has 0 amide bonds. The molecule has 0 unspecified atom stereocenters. The molecule has 2 fully saturated rings. The molecule has 0 spiro atoms. The fraction of sp³-hybridized carbons (Fsp3) is 0.389. The van der Waals surface area contributed by atoms with E-state index in [9.17, 15) is 14.3 Å². The Hall–Kier alpha value is -2.50. The first-order chi connectivity index (χ1) is 11.6. The van der Waals surface area contributed by atoms with Gasteiger partial charge in [-0.25, -0.2) is 14.4 Å². The second-order valence-electron chi connectivity index (χ2n) is 6.52. The number of halogens is 1. The Morgan fingerprint density at radius 1 is 1.17 bits per heavy atom. The lowest BCUT2D eigenvalue weighted by Crippen LogP contribution is -2.24. The first-order valence-electron chi connectivity index (χ1n) is 8.23. The lowest BCUT2D eigenvalue weighted by atomic mass is 10.1. The summed E-state index contributed by atoms with van der Waals surface area (Å²) < 4.78 is 13.2. The summed E-state index contributed by atoms with van der Waals surface area (Å²) in [4.78, 5) is 22.5. The van der Waals surface area contributed by atoms with E-state index in [0.29, 0.717) is 25.4 Å². The molecule has 1 aliphatic carbocycles. The van der Waals surface area contributed by atoms with Gasteiger partial charge in [-0.1, -0.05) is 0 Å². The number of nitrogens with zero attached hydrogens (tertiary/aromatic N) is 3. The van der Waals surface area contributed by atoms with Crippen molar-refractivity contribution in [2.24, 2.45) is 5.92 Å². The largest absolute Gasteiger partial charge is 0.481 e. The molecule has 2 aliphatic rings. The zero-order chi connectivity index (χ0) is 16.7. The van der Waals surface area contributed by atoms with E-state index in [1.807, 2.05) is 11.0 Å². The van der Waals surface area contributed by atoms with Gasteiger partial charge in [0.1, 0.15) is 17.5 Å². The average Bonchev–Trinajstić information content (AvgIpc) is 3.31. The molecule has 4 rings (SSSR count). The number of carboxylic acids is 1. The topological polar surface area (TPSA) is 66.3 Å². The summed E-state index contributed by atoms with van der Waals surface area (Å²) in [5.74, 6) is 0.591. The fourth-order valence-electron chi connectivity index (χ4n) is 3.08. The van der Waals surface area contributed by atoms with Gasteiger partial charge < -0.3 is 10.0 Å². The van der Waals surface area contributed by atoms with Gasteiger partial charge in [-0.15, -0.1) is 0 Å². The highest BCUT2D eigenvalue weighted by atomic mass is 19.1. The zero-order valence-corrected chi connectivity index (χ0v) is 13.2. The molecule has 1 N–H and O–H groups in total. The number of carboxylic acid groups (broad SMARTS) is 1. The summed E-state index contributed by atoms with van der Waals surface area (Å²) in [6, 6.07) is 8.14. The van der Waals surface area contributed by atoms with Crippen molar-refractivity contribution in [1.29, 1.82) is 0 Å². The molecule has 0 bridgehead atoms. The summed E-state index contributed by atoms with van der Waals surface area (Å²) >= 11 is 0. The smallest absolute Gasteiger partial charge is 0.308 e. The lowest BCUT2D eigenvalue weighted by Gasteiger charge is -2.18. The normalized spacial score (nSPS) is 20.4. The SMILES string of the molecule is O=C(O)[C@@H]1CCN(c2cc(-c3ccc(F)cc3)nc(C3CC3)n2)C1. The molecule has 5 nitrogen and oxygen atoms in total. The predicted molar refractivity (Wildman–Crippen MR) is 87.4 cm³/mol. The minimum absolute atomic E-state index is 0.278. The standard InChI is InChI=1S/C18H18FN3O2/c19-14-5-3-11(4-6-14)15-9-16(21-17(20-15)12-1-2-12)22-8-7-13(10-22)18(23)24/h3-6,9,12-13H,1-2,7-8,10H2,(H,23,24)/t13-/m1/s1. The minimum atomic E-state index is -0.757. The van der Waals surface area contributed by atoms with Gasteiger partial charge in [-0.3, -0.25) is 4.79 Å². The third kappa shape index (κ3) is 2.96. The van der Waals surface area contributed by atoms with E-state index < -0.39 is 5.97 Å². The van der Waals surface area contributed by atoms with Gasteiger partial charge in [0.15, 0.2) is 0 Å². The quantitative estimate of drug-likeness (QED) is 0.935. The fourth-order valence-corrected chi connectivity index (χ4v) is 3.08. The molecule has 24 heavy (non-hydrogen) atoms. The van der Waals surface area contributed by atoms with Crippen molar-refractivity contribution >= 4 is 11.8 Å². The van der Waals surface area contributed by atoms with Crippen LogP contribution in [0.3, 0.4) is 0 Å². The van der Waals surface area contributed by atoms with Crippen molar-refractivity contribution in [1.82, 2.24) is 9.97 Å². The Labute approximate surface area is 139 Å².